The summed E-state index contributed by atoms with van der Waals surface area (Å²) in [6.45, 7) is 5.22. The molecule has 7 nitrogen and oxygen atoms in total. The van der Waals surface area contributed by atoms with E-state index in [9.17, 15) is 23.2 Å². The number of anilines is 2. The molecule has 0 bridgehead atoms. The summed E-state index contributed by atoms with van der Waals surface area (Å²) in [6, 6.07) is 20.4. The highest BCUT2D eigenvalue weighted by atomic mass is 35.5. The van der Waals surface area contributed by atoms with Gasteiger partial charge in [-0.1, -0.05) is 29.8 Å². The fourth-order valence-corrected chi connectivity index (χ4v) is 5.23. The number of esters is 1. The molecule has 2 unspecified atom stereocenters. The zero-order valence-corrected chi connectivity index (χ0v) is 24.4. The van der Waals surface area contributed by atoms with Crippen molar-refractivity contribution in [1.29, 1.82) is 0 Å². The number of carbonyl (C=O) groups is 3. The van der Waals surface area contributed by atoms with Gasteiger partial charge in [0.2, 0.25) is 5.91 Å². The standard InChI is InChI=1S/C32H33ClF2N2O5/c1-4-36(24-14-12-23(33)13-15-24)30(39)27-20-21(3)37(28-9-7-6-8-26(27)28)29(38)22-10-16-25(17-11-22)42-19-18-32(34,35)31(40)41-5-2/h6-17,21,27H,4-5,18-20H2,1-3H3. The number of carbonyl (C=O) groups excluding carboxylic acids is 3. The monoisotopic (exact) mass is 598 g/mol. The van der Waals surface area contributed by atoms with Gasteiger partial charge in [0.1, 0.15) is 5.75 Å². The van der Waals surface area contributed by atoms with Crippen molar-refractivity contribution in [3.8, 4) is 5.75 Å². The molecule has 2 atom stereocenters. The SMILES string of the molecule is CCOC(=O)C(F)(F)CCOc1ccc(C(=O)N2c3ccccc3C(C(=O)N(CC)c3ccc(Cl)cc3)CC2C)cc1. The lowest BCUT2D eigenvalue weighted by Crippen LogP contribution is -2.46. The van der Waals surface area contributed by atoms with Gasteiger partial charge in [-0.25, -0.2) is 4.79 Å². The smallest absolute Gasteiger partial charge is 0.377 e. The van der Waals surface area contributed by atoms with E-state index in [-0.39, 0.29) is 30.2 Å². The normalized spacial score (nSPS) is 16.4. The highest BCUT2D eigenvalue weighted by Gasteiger charge is 2.41. The average Bonchev–Trinajstić information content (AvgIpc) is 2.98. The van der Waals surface area contributed by atoms with E-state index in [1.165, 1.54) is 19.1 Å². The van der Waals surface area contributed by atoms with Crippen LogP contribution in [0.5, 0.6) is 5.75 Å². The van der Waals surface area contributed by atoms with Crippen molar-refractivity contribution in [3.05, 3.63) is 88.9 Å². The highest BCUT2D eigenvalue weighted by molar-refractivity contribution is 6.30. The summed E-state index contributed by atoms with van der Waals surface area (Å²) in [6.07, 6.45) is -0.399. The van der Waals surface area contributed by atoms with Gasteiger partial charge < -0.3 is 19.3 Å². The number of nitrogens with zero attached hydrogens (tertiary/aromatic N) is 2. The summed E-state index contributed by atoms with van der Waals surface area (Å²) in [5, 5.41) is 0.586. The molecule has 0 N–H and O–H groups in total. The van der Waals surface area contributed by atoms with Gasteiger partial charge in [-0.05, 0) is 87.4 Å². The maximum absolute atomic E-state index is 13.9. The molecule has 2 amide bonds. The number of hydrogen-bond donors (Lipinski definition) is 0. The molecule has 4 rings (SSSR count). The Balaban J connectivity index is 1.49. The van der Waals surface area contributed by atoms with E-state index >= 15 is 0 Å². The third-order valence-corrected chi connectivity index (χ3v) is 7.44. The van der Waals surface area contributed by atoms with Crippen LogP contribution in [0.4, 0.5) is 20.2 Å². The Morgan fingerprint density at radius 2 is 1.67 bits per heavy atom. The average molecular weight is 599 g/mol. The van der Waals surface area contributed by atoms with Gasteiger partial charge in [0.05, 0.1) is 25.6 Å². The third-order valence-electron chi connectivity index (χ3n) is 7.19. The fraction of sp³-hybridized carbons (Fsp3) is 0.344. The molecule has 0 saturated heterocycles. The van der Waals surface area contributed by atoms with Gasteiger partial charge in [0.25, 0.3) is 5.91 Å². The summed E-state index contributed by atoms with van der Waals surface area (Å²) < 4.78 is 37.5. The van der Waals surface area contributed by atoms with Crippen molar-refractivity contribution < 1.29 is 32.6 Å². The van der Waals surface area contributed by atoms with Crippen molar-refractivity contribution in [3.63, 3.8) is 0 Å². The maximum atomic E-state index is 13.9. The van der Waals surface area contributed by atoms with E-state index < -0.39 is 30.8 Å². The molecule has 0 fully saturated rings. The van der Waals surface area contributed by atoms with Crippen LogP contribution in [0.15, 0.2) is 72.8 Å². The molecule has 0 spiro atoms. The van der Waals surface area contributed by atoms with E-state index in [4.69, 9.17) is 16.3 Å². The van der Waals surface area contributed by atoms with Crippen LogP contribution in [-0.4, -0.2) is 49.5 Å². The Morgan fingerprint density at radius 1 is 1.00 bits per heavy atom. The number of alkyl halides is 2. The van der Waals surface area contributed by atoms with Crippen molar-refractivity contribution in [1.82, 2.24) is 0 Å². The molecule has 0 aliphatic carbocycles. The van der Waals surface area contributed by atoms with Gasteiger partial charge >= 0.3 is 11.9 Å². The lowest BCUT2D eigenvalue weighted by Gasteiger charge is -2.40. The number of fused-ring (bicyclic) bond motifs is 1. The van der Waals surface area contributed by atoms with Crippen LogP contribution in [0.2, 0.25) is 5.02 Å². The summed E-state index contributed by atoms with van der Waals surface area (Å²) in [4.78, 5) is 42.3. The number of amides is 2. The van der Waals surface area contributed by atoms with Gasteiger partial charge in [0, 0.05) is 34.5 Å². The molecule has 1 aliphatic rings. The first-order valence-electron chi connectivity index (χ1n) is 13.8. The summed E-state index contributed by atoms with van der Waals surface area (Å²) in [7, 11) is 0. The number of ether oxygens (including phenoxy) is 2. The third kappa shape index (κ3) is 6.73. The van der Waals surface area contributed by atoms with Gasteiger partial charge in [-0.15, -0.1) is 0 Å². The molecule has 0 saturated carbocycles. The quantitative estimate of drug-likeness (QED) is 0.238. The Bertz CT molecular complexity index is 1420. The minimum Gasteiger partial charge on any atom is -0.493 e. The second kappa shape index (κ2) is 13.3. The largest absolute Gasteiger partial charge is 0.493 e. The Kier molecular flexibility index (Phi) is 9.83. The van der Waals surface area contributed by atoms with Crippen molar-refractivity contribution >= 4 is 40.8 Å². The number of para-hydroxylation sites is 1. The van der Waals surface area contributed by atoms with Crippen LogP contribution in [0.3, 0.4) is 0 Å². The molecule has 1 heterocycles. The zero-order chi connectivity index (χ0) is 30.4. The van der Waals surface area contributed by atoms with Crippen LogP contribution in [0, 0.1) is 0 Å². The van der Waals surface area contributed by atoms with Crippen molar-refractivity contribution in [2.75, 3.05) is 29.6 Å². The van der Waals surface area contributed by atoms with E-state index in [0.29, 0.717) is 29.2 Å². The highest BCUT2D eigenvalue weighted by Crippen LogP contribution is 2.41. The number of benzene rings is 3. The lowest BCUT2D eigenvalue weighted by molar-refractivity contribution is -0.173. The molecule has 1 aliphatic heterocycles. The lowest BCUT2D eigenvalue weighted by atomic mass is 9.84. The van der Waals surface area contributed by atoms with E-state index in [2.05, 4.69) is 4.74 Å². The van der Waals surface area contributed by atoms with E-state index in [1.54, 1.807) is 34.1 Å². The molecular weight excluding hydrogens is 566 g/mol. The molecule has 0 aromatic heterocycles. The van der Waals surface area contributed by atoms with Crippen LogP contribution in [0.1, 0.15) is 55.5 Å². The van der Waals surface area contributed by atoms with Gasteiger partial charge in [-0.3, -0.25) is 9.59 Å². The second-order valence-corrected chi connectivity index (χ2v) is 10.4. The first kappa shape index (κ1) is 31.0. The minimum absolute atomic E-state index is 0.0544. The fourth-order valence-electron chi connectivity index (χ4n) is 5.10. The van der Waals surface area contributed by atoms with E-state index in [1.807, 2.05) is 50.2 Å². The van der Waals surface area contributed by atoms with Gasteiger partial charge in [0.15, 0.2) is 0 Å². The van der Waals surface area contributed by atoms with Crippen LogP contribution in [-0.2, 0) is 14.3 Å². The number of hydrogen-bond acceptors (Lipinski definition) is 5. The molecule has 0 radical (unpaired) electrons. The number of rotatable bonds is 10. The zero-order valence-electron chi connectivity index (χ0n) is 23.7. The summed E-state index contributed by atoms with van der Waals surface area (Å²) in [5.41, 5.74) is 2.56. The maximum Gasteiger partial charge on any atom is 0.377 e. The Hall–Kier alpha value is -3.98. The molecule has 10 heteroatoms. The number of likely N-dealkylation sites (N-methyl/N-ethyl adjacent to an activating group) is 1. The van der Waals surface area contributed by atoms with Gasteiger partial charge in [-0.2, -0.15) is 8.78 Å². The van der Waals surface area contributed by atoms with Crippen LogP contribution < -0.4 is 14.5 Å². The summed E-state index contributed by atoms with van der Waals surface area (Å²) in [5.74, 6) is -5.70. The molecular formula is C32H33ClF2N2O5. The van der Waals surface area contributed by atoms with Crippen LogP contribution >= 0.6 is 11.6 Å². The first-order valence-corrected chi connectivity index (χ1v) is 14.2. The first-order chi connectivity index (χ1) is 20.1. The predicted octanol–water partition coefficient (Wildman–Crippen LogP) is 6.88. The minimum atomic E-state index is -3.65. The second-order valence-electron chi connectivity index (χ2n) is 9.98. The topological polar surface area (TPSA) is 76.1 Å². The summed E-state index contributed by atoms with van der Waals surface area (Å²) >= 11 is 6.05. The van der Waals surface area contributed by atoms with Crippen molar-refractivity contribution in [2.24, 2.45) is 0 Å². The molecule has 42 heavy (non-hydrogen) atoms. The molecule has 222 valence electrons. The van der Waals surface area contributed by atoms with Crippen LogP contribution in [0.25, 0.3) is 0 Å². The predicted molar refractivity (Wildman–Crippen MR) is 158 cm³/mol. The molecule has 3 aromatic carbocycles. The molecule has 3 aromatic rings. The Labute approximate surface area is 249 Å². The van der Waals surface area contributed by atoms with Crippen molar-refractivity contribution in [2.45, 2.75) is 51.5 Å². The Morgan fingerprint density at radius 3 is 2.31 bits per heavy atom. The van der Waals surface area contributed by atoms with E-state index in [0.717, 1.165) is 11.3 Å². The number of halogens is 3.